The van der Waals surface area contributed by atoms with Gasteiger partial charge in [-0.15, -0.1) is 0 Å². The maximum atomic E-state index is 14.8. The Labute approximate surface area is 258 Å². The largest absolute Gasteiger partial charge is 0.488 e. The van der Waals surface area contributed by atoms with Gasteiger partial charge >= 0.3 is 0 Å². The monoisotopic (exact) mass is 601 g/mol. The third kappa shape index (κ3) is 7.91. The summed E-state index contributed by atoms with van der Waals surface area (Å²) in [5, 5.41) is 3.01. The van der Waals surface area contributed by atoms with Crippen molar-refractivity contribution in [2.75, 3.05) is 56.8 Å². The van der Waals surface area contributed by atoms with Gasteiger partial charge in [0, 0.05) is 50.2 Å². The summed E-state index contributed by atoms with van der Waals surface area (Å²) in [6.45, 7) is 5.93. The number of carbonyl (C=O) groups is 2. The van der Waals surface area contributed by atoms with Crippen LogP contribution >= 0.6 is 0 Å². The Bertz CT molecular complexity index is 1470. The lowest BCUT2D eigenvalue weighted by molar-refractivity contribution is -0.113. The van der Waals surface area contributed by atoms with Crippen molar-refractivity contribution in [1.29, 1.82) is 0 Å². The number of hydrogen-bond acceptors (Lipinski definition) is 6. The van der Waals surface area contributed by atoms with Crippen LogP contribution in [0.3, 0.4) is 0 Å². The van der Waals surface area contributed by atoms with Crippen LogP contribution < -0.4 is 15.0 Å². The lowest BCUT2D eigenvalue weighted by atomic mass is 10.00. The molecule has 0 saturated carbocycles. The maximum Gasteiger partial charge on any atom is 0.251 e. The van der Waals surface area contributed by atoms with Gasteiger partial charge in [-0.05, 0) is 98.0 Å². The molecule has 1 fully saturated rings. The van der Waals surface area contributed by atoms with E-state index in [4.69, 9.17) is 14.2 Å². The van der Waals surface area contributed by atoms with E-state index < -0.39 is 5.82 Å². The highest BCUT2D eigenvalue weighted by Gasteiger charge is 2.21. The van der Waals surface area contributed by atoms with E-state index in [1.165, 1.54) is 11.6 Å². The Balaban J connectivity index is 1.29. The number of fused-ring (bicyclic) bond motifs is 1. The predicted octanol–water partition coefficient (Wildman–Crippen LogP) is 5.91. The minimum absolute atomic E-state index is 0.161. The molecule has 9 heteroatoms. The van der Waals surface area contributed by atoms with Gasteiger partial charge in [0.2, 0.25) is 6.41 Å². The van der Waals surface area contributed by atoms with E-state index in [0.29, 0.717) is 60.3 Å². The standard InChI is InChI=1S/C35H40FN3O5/c1-3-42-18-19-44-34-11-7-27(22-32(34)36)26-6-10-33-29(20-26)21-28(12-15-39(33)24-40)35(41)37-30-8-4-25(5-9-30)23-38(2)31-13-16-43-17-14-31/h4-11,20-22,24,31H,3,12-19,23H2,1-2H3,(H,37,41). The minimum Gasteiger partial charge on any atom is -0.488 e. The average Bonchev–Trinajstić information content (AvgIpc) is 3.24. The number of rotatable bonds is 12. The molecule has 5 rings (SSSR count). The molecule has 0 spiro atoms. The molecule has 232 valence electrons. The van der Waals surface area contributed by atoms with Crippen LogP contribution in [0.2, 0.25) is 0 Å². The van der Waals surface area contributed by atoms with Crippen molar-refractivity contribution in [2.45, 2.75) is 38.8 Å². The average molecular weight is 602 g/mol. The van der Waals surface area contributed by atoms with Crippen molar-refractivity contribution in [3.8, 4) is 16.9 Å². The SMILES string of the molecule is CCOCCOc1ccc(-c2ccc3c(c2)C=C(C(=O)Nc2ccc(CN(C)C4CCOCC4)cc2)CCN3C=O)cc1F. The zero-order valence-electron chi connectivity index (χ0n) is 25.4. The highest BCUT2D eigenvalue weighted by molar-refractivity contribution is 6.08. The smallest absolute Gasteiger partial charge is 0.251 e. The summed E-state index contributed by atoms with van der Waals surface area (Å²) in [6.07, 6.45) is 5.07. The van der Waals surface area contributed by atoms with E-state index in [1.807, 2.05) is 55.5 Å². The van der Waals surface area contributed by atoms with Crippen LogP contribution in [0, 0.1) is 5.82 Å². The number of carbonyl (C=O) groups excluding carboxylic acids is 2. The Morgan fingerprint density at radius 2 is 1.82 bits per heavy atom. The second-order valence-electron chi connectivity index (χ2n) is 11.1. The molecule has 0 radical (unpaired) electrons. The van der Waals surface area contributed by atoms with Gasteiger partial charge in [-0.1, -0.05) is 24.3 Å². The molecule has 1 saturated heterocycles. The molecule has 0 bridgehead atoms. The quantitative estimate of drug-likeness (QED) is 0.206. The number of ether oxygens (including phenoxy) is 3. The maximum absolute atomic E-state index is 14.8. The molecular weight excluding hydrogens is 561 g/mol. The molecule has 0 unspecified atom stereocenters. The van der Waals surface area contributed by atoms with E-state index in [9.17, 15) is 14.0 Å². The third-order valence-electron chi connectivity index (χ3n) is 8.12. The summed E-state index contributed by atoms with van der Waals surface area (Å²) in [5.41, 5.74) is 5.26. The first kappa shape index (κ1) is 31.4. The van der Waals surface area contributed by atoms with Gasteiger partial charge in [0.05, 0.1) is 12.3 Å². The Morgan fingerprint density at radius 3 is 2.55 bits per heavy atom. The van der Waals surface area contributed by atoms with Crippen molar-refractivity contribution in [2.24, 2.45) is 0 Å². The molecule has 3 aromatic carbocycles. The van der Waals surface area contributed by atoms with Gasteiger partial charge in [0.15, 0.2) is 11.6 Å². The van der Waals surface area contributed by atoms with Gasteiger partial charge in [-0.2, -0.15) is 0 Å². The van der Waals surface area contributed by atoms with Crippen molar-refractivity contribution in [1.82, 2.24) is 4.90 Å². The number of benzene rings is 3. The normalized spacial score (nSPS) is 15.4. The van der Waals surface area contributed by atoms with Crippen molar-refractivity contribution >= 4 is 29.8 Å². The molecule has 1 N–H and O–H groups in total. The molecule has 8 nitrogen and oxygen atoms in total. The Hall–Kier alpha value is -4.05. The number of nitrogens with one attached hydrogen (secondary N) is 1. The van der Waals surface area contributed by atoms with Crippen molar-refractivity contribution < 1.29 is 28.2 Å². The van der Waals surface area contributed by atoms with Gasteiger partial charge in [0.25, 0.3) is 5.91 Å². The van der Waals surface area contributed by atoms with Crippen LogP contribution in [0.1, 0.15) is 37.3 Å². The summed E-state index contributed by atoms with van der Waals surface area (Å²) >= 11 is 0. The van der Waals surface area contributed by atoms with Gasteiger partial charge in [-0.25, -0.2) is 4.39 Å². The van der Waals surface area contributed by atoms with Crippen LogP contribution in [0.25, 0.3) is 17.2 Å². The van der Waals surface area contributed by atoms with E-state index in [1.54, 1.807) is 17.0 Å². The second kappa shape index (κ2) is 15.1. The fraction of sp³-hybridized carbons (Fsp3) is 0.371. The van der Waals surface area contributed by atoms with Crippen molar-refractivity contribution in [3.05, 3.63) is 83.2 Å². The lowest BCUT2D eigenvalue weighted by Gasteiger charge is -2.31. The zero-order chi connectivity index (χ0) is 30.9. The first-order valence-corrected chi connectivity index (χ1v) is 15.2. The van der Waals surface area contributed by atoms with Crippen molar-refractivity contribution in [3.63, 3.8) is 0 Å². The summed E-state index contributed by atoms with van der Waals surface area (Å²) in [6, 6.07) is 18.8. The molecule has 44 heavy (non-hydrogen) atoms. The molecule has 3 aromatic rings. The van der Waals surface area contributed by atoms with Gasteiger partial charge < -0.3 is 24.4 Å². The summed E-state index contributed by atoms with van der Waals surface area (Å²) in [4.78, 5) is 29.3. The van der Waals surface area contributed by atoms with Crippen LogP contribution in [-0.4, -0.2) is 69.9 Å². The molecule has 2 amide bonds. The lowest BCUT2D eigenvalue weighted by Crippen LogP contribution is -2.36. The zero-order valence-corrected chi connectivity index (χ0v) is 25.4. The molecule has 0 aromatic heterocycles. The van der Waals surface area contributed by atoms with Gasteiger partial charge in [-0.3, -0.25) is 14.5 Å². The molecule has 2 heterocycles. The predicted molar refractivity (Wildman–Crippen MR) is 170 cm³/mol. The Morgan fingerprint density at radius 1 is 1.07 bits per heavy atom. The fourth-order valence-corrected chi connectivity index (χ4v) is 5.62. The first-order chi connectivity index (χ1) is 21.4. The molecule has 2 aliphatic heterocycles. The number of amides is 2. The topological polar surface area (TPSA) is 80.3 Å². The summed E-state index contributed by atoms with van der Waals surface area (Å²) in [5.74, 6) is -0.533. The van der Waals surface area contributed by atoms with E-state index in [0.717, 1.165) is 44.6 Å². The van der Waals surface area contributed by atoms with Crippen LogP contribution in [0.5, 0.6) is 5.75 Å². The number of hydrogen-bond donors (Lipinski definition) is 1. The molecule has 0 aliphatic carbocycles. The molecular formula is C35H40FN3O5. The molecule has 0 atom stereocenters. The third-order valence-corrected chi connectivity index (χ3v) is 8.12. The first-order valence-electron chi connectivity index (χ1n) is 15.2. The summed E-state index contributed by atoms with van der Waals surface area (Å²) in [7, 11) is 2.14. The minimum atomic E-state index is -0.472. The van der Waals surface area contributed by atoms with Crippen LogP contribution in [-0.2, 0) is 25.6 Å². The van der Waals surface area contributed by atoms with Crippen LogP contribution in [0.15, 0.2) is 66.2 Å². The number of nitrogens with zero attached hydrogens (tertiary/aromatic N) is 2. The Kier molecular flexibility index (Phi) is 10.8. The van der Waals surface area contributed by atoms with E-state index in [2.05, 4.69) is 17.3 Å². The van der Waals surface area contributed by atoms with E-state index in [-0.39, 0.29) is 18.3 Å². The van der Waals surface area contributed by atoms with Gasteiger partial charge in [0.1, 0.15) is 6.61 Å². The fourth-order valence-electron chi connectivity index (χ4n) is 5.62. The van der Waals surface area contributed by atoms with E-state index >= 15 is 0 Å². The molecule has 2 aliphatic rings. The van der Waals surface area contributed by atoms with Crippen LogP contribution in [0.4, 0.5) is 15.8 Å². The summed E-state index contributed by atoms with van der Waals surface area (Å²) < 4.78 is 31.0. The number of anilines is 2. The second-order valence-corrected chi connectivity index (χ2v) is 11.1. The highest BCUT2D eigenvalue weighted by atomic mass is 19.1. The highest BCUT2D eigenvalue weighted by Crippen LogP contribution is 2.33. The number of halogens is 1.